The standard InChI is InChI=1S/C19H12Cl2F7N3O3/c1-34-16(33)11-2-8(6-31-15(11)21)9(5-29)7-30-14-12(20)3-10(4-13(14)32)17(22,18(23,24)25)19(26,27)28/h2-7,32H,29H2,1H3. The average molecular weight is 534 g/mol. The second kappa shape index (κ2) is 9.66. The van der Waals surface area contributed by atoms with Crippen LogP contribution in [0.15, 0.2) is 35.6 Å². The summed E-state index contributed by atoms with van der Waals surface area (Å²) in [7, 11) is 1.09. The Morgan fingerprint density at radius 3 is 2.18 bits per heavy atom. The molecule has 0 bridgehead atoms. The minimum Gasteiger partial charge on any atom is -0.506 e. The normalized spacial score (nSPS) is 13.4. The maximum Gasteiger partial charge on any atom is 0.435 e. The third-order valence-corrected chi connectivity index (χ3v) is 4.90. The van der Waals surface area contributed by atoms with Crippen molar-refractivity contribution in [1.82, 2.24) is 4.98 Å². The van der Waals surface area contributed by atoms with E-state index in [4.69, 9.17) is 28.9 Å². The number of esters is 1. The van der Waals surface area contributed by atoms with Crippen LogP contribution < -0.4 is 5.73 Å². The molecule has 0 unspecified atom stereocenters. The van der Waals surface area contributed by atoms with Gasteiger partial charge in [-0.2, -0.15) is 26.3 Å². The molecular weight excluding hydrogens is 522 g/mol. The molecule has 1 aromatic heterocycles. The quantitative estimate of drug-likeness (QED) is 0.217. The molecule has 0 aliphatic heterocycles. The number of alkyl halides is 7. The Balaban J connectivity index is 2.53. The summed E-state index contributed by atoms with van der Waals surface area (Å²) in [5, 5.41) is 8.83. The van der Waals surface area contributed by atoms with E-state index in [0.717, 1.165) is 25.7 Å². The number of carbonyl (C=O) groups is 1. The average Bonchev–Trinajstić information content (AvgIpc) is 2.73. The number of rotatable bonds is 5. The van der Waals surface area contributed by atoms with E-state index in [2.05, 4.69) is 14.7 Å². The molecule has 0 amide bonds. The molecule has 184 valence electrons. The number of methoxy groups -OCH3 is 1. The van der Waals surface area contributed by atoms with Crippen LogP contribution in [-0.2, 0) is 10.4 Å². The van der Waals surface area contributed by atoms with Gasteiger partial charge in [-0.3, -0.25) is 4.99 Å². The number of aliphatic imine (C=N–C) groups is 1. The van der Waals surface area contributed by atoms with Gasteiger partial charge in [-0.15, -0.1) is 0 Å². The van der Waals surface area contributed by atoms with Gasteiger partial charge >= 0.3 is 24.0 Å². The second-order valence-electron chi connectivity index (χ2n) is 6.41. The topological polar surface area (TPSA) is 97.8 Å². The Bertz CT molecular complexity index is 1130. The number of aromatic hydroxyl groups is 1. The fraction of sp³-hybridized carbons (Fsp3) is 0.211. The zero-order chi connectivity index (χ0) is 26.1. The fourth-order valence-electron chi connectivity index (χ4n) is 2.61. The highest BCUT2D eigenvalue weighted by Gasteiger charge is 2.73. The zero-order valence-electron chi connectivity index (χ0n) is 16.6. The monoisotopic (exact) mass is 533 g/mol. The molecule has 2 rings (SSSR count). The number of carbonyl (C=O) groups excluding carboxylic acids is 1. The second-order valence-corrected chi connectivity index (χ2v) is 7.18. The highest BCUT2D eigenvalue weighted by atomic mass is 35.5. The predicted molar refractivity (Wildman–Crippen MR) is 109 cm³/mol. The van der Waals surface area contributed by atoms with Gasteiger partial charge in [0.25, 0.3) is 0 Å². The maximum atomic E-state index is 14.2. The van der Waals surface area contributed by atoms with Gasteiger partial charge in [-0.05, 0) is 18.2 Å². The fourth-order valence-corrected chi connectivity index (χ4v) is 3.05. The molecule has 0 saturated carbocycles. The first kappa shape index (κ1) is 27.2. The maximum absolute atomic E-state index is 14.2. The van der Waals surface area contributed by atoms with E-state index in [1.807, 2.05) is 0 Å². The van der Waals surface area contributed by atoms with Crippen LogP contribution in [0.5, 0.6) is 5.75 Å². The summed E-state index contributed by atoms with van der Waals surface area (Å²) in [6, 6.07) is 1.16. The van der Waals surface area contributed by atoms with E-state index >= 15 is 0 Å². The van der Waals surface area contributed by atoms with E-state index in [9.17, 15) is 40.6 Å². The van der Waals surface area contributed by atoms with Gasteiger partial charge in [-0.25, -0.2) is 14.2 Å². The predicted octanol–water partition coefficient (Wildman–Crippen LogP) is 5.87. The van der Waals surface area contributed by atoms with Crippen LogP contribution in [0.1, 0.15) is 21.5 Å². The summed E-state index contributed by atoms with van der Waals surface area (Å²) in [6.45, 7) is 0. The van der Waals surface area contributed by atoms with Gasteiger partial charge in [0, 0.05) is 35.3 Å². The Labute approximate surface area is 196 Å². The third-order valence-electron chi connectivity index (χ3n) is 4.31. The van der Waals surface area contributed by atoms with Crippen molar-refractivity contribution < 1.29 is 45.4 Å². The molecule has 0 saturated heterocycles. The van der Waals surface area contributed by atoms with Gasteiger partial charge in [0.15, 0.2) is 0 Å². The van der Waals surface area contributed by atoms with Crippen LogP contribution in [0.2, 0.25) is 10.2 Å². The van der Waals surface area contributed by atoms with Crippen LogP contribution >= 0.6 is 23.2 Å². The number of phenolic OH excluding ortho intramolecular Hbond substituents is 1. The van der Waals surface area contributed by atoms with Gasteiger partial charge in [0.1, 0.15) is 16.6 Å². The lowest BCUT2D eigenvalue weighted by Crippen LogP contribution is -2.50. The molecule has 34 heavy (non-hydrogen) atoms. The van der Waals surface area contributed by atoms with E-state index in [1.54, 1.807) is 0 Å². The number of pyridine rings is 1. The summed E-state index contributed by atoms with van der Waals surface area (Å²) in [5.74, 6) is -2.12. The van der Waals surface area contributed by atoms with E-state index in [-0.39, 0.29) is 34.0 Å². The van der Waals surface area contributed by atoms with Crippen molar-refractivity contribution in [1.29, 1.82) is 0 Å². The molecule has 3 N–H and O–H groups in total. The van der Waals surface area contributed by atoms with Crippen molar-refractivity contribution in [2.75, 3.05) is 7.11 Å². The molecule has 0 spiro atoms. The lowest BCUT2D eigenvalue weighted by atomic mass is 9.93. The van der Waals surface area contributed by atoms with Crippen molar-refractivity contribution in [3.63, 3.8) is 0 Å². The number of ether oxygens (including phenoxy) is 1. The molecule has 6 nitrogen and oxygen atoms in total. The summed E-state index contributed by atoms with van der Waals surface area (Å²) in [6.07, 6.45) is -9.79. The lowest BCUT2D eigenvalue weighted by Gasteiger charge is -2.30. The van der Waals surface area contributed by atoms with Gasteiger partial charge < -0.3 is 15.6 Å². The number of allylic oxidation sites excluding steroid dienone is 1. The van der Waals surface area contributed by atoms with Crippen LogP contribution in [0.3, 0.4) is 0 Å². The van der Waals surface area contributed by atoms with E-state index in [1.165, 1.54) is 6.07 Å². The molecule has 0 fully saturated rings. The SMILES string of the molecule is COC(=O)c1cc(C(C=Nc2c(O)cc(C(F)(C(F)(F)F)C(F)(F)F)cc2Cl)=CN)cnc1Cl. The first-order valence-electron chi connectivity index (χ1n) is 8.64. The molecule has 1 aromatic carbocycles. The van der Waals surface area contributed by atoms with E-state index < -0.39 is 46.0 Å². The molecule has 0 aliphatic carbocycles. The largest absolute Gasteiger partial charge is 0.506 e. The van der Waals surface area contributed by atoms with Gasteiger partial charge in [-0.1, -0.05) is 23.2 Å². The first-order valence-corrected chi connectivity index (χ1v) is 9.39. The summed E-state index contributed by atoms with van der Waals surface area (Å²) >= 11 is 11.5. The van der Waals surface area contributed by atoms with Crippen molar-refractivity contribution in [2.24, 2.45) is 10.7 Å². The highest BCUT2D eigenvalue weighted by Crippen LogP contribution is 2.55. The molecule has 0 atom stereocenters. The minimum atomic E-state index is -6.40. The number of benzene rings is 1. The van der Waals surface area contributed by atoms with Crippen LogP contribution in [0.4, 0.5) is 36.4 Å². The number of hydrogen-bond acceptors (Lipinski definition) is 6. The smallest absolute Gasteiger partial charge is 0.435 e. The zero-order valence-corrected chi connectivity index (χ0v) is 18.1. The Kier molecular flexibility index (Phi) is 7.73. The van der Waals surface area contributed by atoms with E-state index in [0.29, 0.717) is 0 Å². The number of halogens is 9. The van der Waals surface area contributed by atoms with Crippen molar-refractivity contribution in [3.05, 3.63) is 57.5 Å². The highest BCUT2D eigenvalue weighted by molar-refractivity contribution is 6.34. The minimum absolute atomic E-state index is 0.0132. The molecular formula is C19H12Cl2F7N3O3. The molecule has 0 radical (unpaired) electrons. The van der Waals surface area contributed by atoms with Crippen LogP contribution in [0.25, 0.3) is 5.57 Å². The molecule has 15 heteroatoms. The Hall–Kier alpha value is -3.06. The molecule has 1 heterocycles. The number of hydrogen-bond donors (Lipinski definition) is 2. The van der Waals surface area contributed by atoms with Crippen LogP contribution in [0, 0.1) is 0 Å². The lowest BCUT2D eigenvalue weighted by molar-refractivity contribution is -0.348. The Morgan fingerprint density at radius 1 is 1.12 bits per heavy atom. The summed E-state index contributed by atoms with van der Waals surface area (Å²) in [4.78, 5) is 19.2. The van der Waals surface area contributed by atoms with Gasteiger partial charge in [0.05, 0.1) is 17.7 Å². The van der Waals surface area contributed by atoms with Gasteiger partial charge in [0.2, 0.25) is 0 Å². The van der Waals surface area contributed by atoms with Crippen molar-refractivity contribution in [2.45, 2.75) is 18.0 Å². The number of nitrogens with two attached hydrogens (primary N) is 1. The van der Waals surface area contributed by atoms with Crippen molar-refractivity contribution >= 4 is 46.6 Å². The molecule has 0 aliphatic rings. The Morgan fingerprint density at radius 2 is 1.71 bits per heavy atom. The number of nitrogens with zero attached hydrogens (tertiary/aromatic N) is 2. The van der Waals surface area contributed by atoms with Crippen molar-refractivity contribution in [3.8, 4) is 5.75 Å². The summed E-state index contributed by atoms with van der Waals surface area (Å²) < 4.78 is 96.6. The number of phenols is 1. The van der Waals surface area contributed by atoms with Crippen LogP contribution in [-0.4, -0.2) is 41.7 Å². The number of aromatic nitrogens is 1. The molecule has 2 aromatic rings. The third kappa shape index (κ3) is 5.04. The first-order chi connectivity index (χ1) is 15.6. The summed E-state index contributed by atoms with van der Waals surface area (Å²) in [5.41, 5.74) is -2.99.